The first-order valence-electron chi connectivity index (χ1n) is 11.4. The first kappa shape index (κ1) is 22.6. The van der Waals surface area contributed by atoms with Gasteiger partial charge >= 0.3 is 0 Å². The van der Waals surface area contributed by atoms with Gasteiger partial charge < -0.3 is 15.0 Å². The SMILES string of the molecule is CCC(CC)NC(=O)C1CN(C(=O)c2ccc(-n3nc(C)cc3C)cc2)c2ccccc2O1. The lowest BCUT2D eigenvalue weighted by Gasteiger charge is -2.34. The van der Waals surface area contributed by atoms with Crippen LogP contribution >= 0.6 is 0 Å². The maximum Gasteiger partial charge on any atom is 0.263 e. The number of nitrogens with zero attached hydrogens (tertiary/aromatic N) is 3. The number of fused-ring (bicyclic) bond motifs is 1. The van der Waals surface area contributed by atoms with Crippen molar-refractivity contribution in [2.75, 3.05) is 11.4 Å². The van der Waals surface area contributed by atoms with Crippen LogP contribution in [0.5, 0.6) is 5.75 Å². The van der Waals surface area contributed by atoms with E-state index in [0.29, 0.717) is 17.0 Å². The zero-order valence-electron chi connectivity index (χ0n) is 19.5. The number of benzene rings is 2. The molecule has 1 aliphatic heterocycles. The lowest BCUT2D eigenvalue weighted by Crippen LogP contribution is -2.52. The van der Waals surface area contributed by atoms with Gasteiger partial charge in [-0.15, -0.1) is 0 Å². The summed E-state index contributed by atoms with van der Waals surface area (Å²) in [7, 11) is 0. The second kappa shape index (κ2) is 9.48. The molecule has 7 heteroatoms. The molecule has 0 aliphatic carbocycles. The van der Waals surface area contributed by atoms with Crippen LogP contribution in [0.4, 0.5) is 5.69 Å². The Kier molecular flexibility index (Phi) is 6.49. The van der Waals surface area contributed by atoms with E-state index in [2.05, 4.69) is 10.4 Å². The Morgan fingerprint density at radius 3 is 2.42 bits per heavy atom. The smallest absolute Gasteiger partial charge is 0.263 e. The number of hydrogen-bond acceptors (Lipinski definition) is 4. The average Bonchev–Trinajstić information content (AvgIpc) is 3.18. The fraction of sp³-hybridized carbons (Fsp3) is 0.346. The van der Waals surface area contributed by atoms with Gasteiger partial charge in [-0.1, -0.05) is 26.0 Å². The second-order valence-electron chi connectivity index (χ2n) is 8.40. The lowest BCUT2D eigenvalue weighted by atomic mass is 10.1. The van der Waals surface area contributed by atoms with E-state index in [4.69, 9.17) is 4.74 Å². The van der Waals surface area contributed by atoms with Crippen LogP contribution in [0.1, 0.15) is 48.4 Å². The minimum Gasteiger partial charge on any atom is -0.477 e. The van der Waals surface area contributed by atoms with Gasteiger partial charge in [0, 0.05) is 17.3 Å². The van der Waals surface area contributed by atoms with E-state index in [1.54, 1.807) is 23.1 Å². The van der Waals surface area contributed by atoms with E-state index in [0.717, 1.165) is 29.9 Å². The van der Waals surface area contributed by atoms with Crippen molar-refractivity contribution in [3.05, 3.63) is 71.5 Å². The number of ether oxygens (including phenoxy) is 1. The molecule has 1 N–H and O–H groups in total. The van der Waals surface area contributed by atoms with Gasteiger partial charge in [0.1, 0.15) is 5.75 Å². The summed E-state index contributed by atoms with van der Waals surface area (Å²) in [4.78, 5) is 28.0. The molecule has 1 unspecified atom stereocenters. The highest BCUT2D eigenvalue weighted by Gasteiger charge is 2.34. The summed E-state index contributed by atoms with van der Waals surface area (Å²) >= 11 is 0. The van der Waals surface area contributed by atoms with Crippen molar-refractivity contribution < 1.29 is 14.3 Å². The molecular formula is C26H30N4O3. The van der Waals surface area contributed by atoms with Crippen LogP contribution in [0, 0.1) is 13.8 Å². The van der Waals surface area contributed by atoms with Gasteiger partial charge in [0.15, 0.2) is 6.10 Å². The molecule has 2 heterocycles. The summed E-state index contributed by atoms with van der Waals surface area (Å²) in [6.45, 7) is 8.18. The monoisotopic (exact) mass is 446 g/mol. The van der Waals surface area contributed by atoms with E-state index in [9.17, 15) is 9.59 Å². The Labute approximate surface area is 194 Å². The quantitative estimate of drug-likeness (QED) is 0.616. The molecule has 0 radical (unpaired) electrons. The number of hydrogen-bond donors (Lipinski definition) is 1. The molecule has 0 bridgehead atoms. The first-order valence-corrected chi connectivity index (χ1v) is 11.4. The zero-order valence-corrected chi connectivity index (χ0v) is 19.5. The van der Waals surface area contributed by atoms with Gasteiger partial charge in [0.2, 0.25) is 0 Å². The third kappa shape index (κ3) is 4.62. The number of para-hydroxylation sites is 2. The van der Waals surface area contributed by atoms with Gasteiger partial charge in [-0.05, 0) is 69.2 Å². The van der Waals surface area contributed by atoms with Crippen molar-refractivity contribution in [1.82, 2.24) is 15.1 Å². The molecule has 172 valence electrons. The number of amides is 2. The van der Waals surface area contributed by atoms with E-state index in [-0.39, 0.29) is 24.4 Å². The van der Waals surface area contributed by atoms with Gasteiger partial charge in [-0.25, -0.2) is 4.68 Å². The molecule has 33 heavy (non-hydrogen) atoms. The van der Waals surface area contributed by atoms with Crippen LogP contribution in [0.3, 0.4) is 0 Å². The summed E-state index contributed by atoms with van der Waals surface area (Å²) in [5, 5.41) is 7.54. The predicted octanol–water partition coefficient (Wildman–Crippen LogP) is 4.20. The third-order valence-electron chi connectivity index (χ3n) is 6.01. The molecule has 2 amide bonds. The number of rotatable bonds is 6. The van der Waals surface area contributed by atoms with Crippen LogP contribution in [0.2, 0.25) is 0 Å². The standard InChI is InChI=1S/C26H30N4O3/c1-5-20(6-2)27-25(31)24-16-29(22-9-7-8-10-23(22)33-24)26(32)19-11-13-21(14-12-19)30-18(4)15-17(3)28-30/h7-15,20,24H,5-6,16H2,1-4H3,(H,27,31). The Morgan fingerprint density at radius 1 is 1.09 bits per heavy atom. The Bertz CT molecular complexity index is 1150. The van der Waals surface area contributed by atoms with Crippen molar-refractivity contribution in [1.29, 1.82) is 0 Å². The van der Waals surface area contributed by atoms with Crippen LogP contribution in [0.15, 0.2) is 54.6 Å². The molecule has 0 saturated heterocycles. The van der Waals surface area contributed by atoms with Crippen molar-refractivity contribution in [2.24, 2.45) is 0 Å². The van der Waals surface area contributed by atoms with Gasteiger partial charge in [0.25, 0.3) is 11.8 Å². The van der Waals surface area contributed by atoms with E-state index in [1.165, 1.54) is 0 Å². The van der Waals surface area contributed by atoms with Crippen molar-refractivity contribution in [3.8, 4) is 11.4 Å². The number of nitrogens with one attached hydrogen (secondary N) is 1. The molecule has 1 atom stereocenters. The summed E-state index contributed by atoms with van der Waals surface area (Å²) in [6, 6.07) is 16.8. The highest BCUT2D eigenvalue weighted by Crippen LogP contribution is 2.34. The summed E-state index contributed by atoms with van der Waals surface area (Å²) in [5.74, 6) is 0.155. The number of aryl methyl sites for hydroxylation is 2. The maximum atomic E-state index is 13.5. The summed E-state index contributed by atoms with van der Waals surface area (Å²) in [5.41, 5.74) is 4.06. The topological polar surface area (TPSA) is 76.5 Å². The largest absolute Gasteiger partial charge is 0.477 e. The fourth-order valence-electron chi connectivity index (χ4n) is 4.14. The summed E-state index contributed by atoms with van der Waals surface area (Å²) < 4.78 is 7.83. The van der Waals surface area contributed by atoms with Crippen LogP contribution in [-0.4, -0.2) is 40.3 Å². The Balaban J connectivity index is 1.59. The van der Waals surface area contributed by atoms with Gasteiger partial charge in [-0.2, -0.15) is 5.10 Å². The van der Waals surface area contributed by atoms with Gasteiger partial charge in [0.05, 0.1) is 23.6 Å². The summed E-state index contributed by atoms with van der Waals surface area (Å²) in [6.07, 6.45) is 0.921. The molecule has 0 fully saturated rings. The minimum atomic E-state index is -0.765. The van der Waals surface area contributed by atoms with Crippen LogP contribution < -0.4 is 15.0 Å². The molecule has 1 aromatic heterocycles. The van der Waals surface area contributed by atoms with Crippen molar-refractivity contribution in [3.63, 3.8) is 0 Å². The maximum absolute atomic E-state index is 13.5. The molecule has 4 rings (SSSR count). The molecule has 1 aliphatic rings. The van der Waals surface area contributed by atoms with E-state index >= 15 is 0 Å². The number of aromatic nitrogens is 2. The normalized spacial score (nSPS) is 15.2. The van der Waals surface area contributed by atoms with Crippen LogP contribution in [0.25, 0.3) is 5.69 Å². The van der Waals surface area contributed by atoms with Crippen molar-refractivity contribution >= 4 is 17.5 Å². The fourth-order valence-corrected chi connectivity index (χ4v) is 4.14. The molecule has 2 aromatic carbocycles. The Hall–Kier alpha value is -3.61. The number of carbonyl (C=O) groups excluding carboxylic acids is 2. The first-order chi connectivity index (χ1) is 15.9. The molecule has 0 spiro atoms. The van der Waals surface area contributed by atoms with E-state index < -0.39 is 6.10 Å². The number of carbonyl (C=O) groups is 2. The lowest BCUT2D eigenvalue weighted by molar-refractivity contribution is -0.128. The predicted molar refractivity (Wildman–Crippen MR) is 128 cm³/mol. The highest BCUT2D eigenvalue weighted by atomic mass is 16.5. The third-order valence-corrected chi connectivity index (χ3v) is 6.01. The zero-order chi connectivity index (χ0) is 23.5. The number of anilines is 1. The Morgan fingerprint density at radius 2 is 1.79 bits per heavy atom. The molecule has 0 saturated carbocycles. The second-order valence-corrected chi connectivity index (χ2v) is 8.40. The molecule has 7 nitrogen and oxygen atoms in total. The van der Waals surface area contributed by atoms with Crippen LogP contribution in [-0.2, 0) is 4.79 Å². The van der Waals surface area contributed by atoms with Crippen molar-refractivity contribution in [2.45, 2.75) is 52.7 Å². The molecular weight excluding hydrogens is 416 g/mol. The highest BCUT2D eigenvalue weighted by molar-refractivity contribution is 6.08. The van der Waals surface area contributed by atoms with Gasteiger partial charge in [-0.3, -0.25) is 9.59 Å². The minimum absolute atomic E-state index is 0.0874. The average molecular weight is 447 g/mol. The molecule has 3 aromatic rings. The van der Waals surface area contributed by atoms with E-state index in [1.807, 2.05) is 68.8 Å².